The van der Waals surface area contributed by atoms with Gasteiger partial charge in [-0.15, -0.1) is 11.8 Å². The van der Waals surface area contributed by atoms with Crippen LogP contribution in [0.5, 0.6) is 0 Å². The third kappa shape index (κ3) is 4.18. The molecule has 2 N–H and O–H groups in total. The van der Waals surface area contributed by atoms with Crippen molar-refractivity contribution in [3.05, 3.63) is 0 Å². The summed E-state index contributed by atoms with van der Waals surface area (Å²) < 4.78 is 0. The first-order valence-electron chi connectivity index (χ1n) is 6.87. The molecule has 0 aromatic carbocycles. The number of carbonyl (C=O) groups is 1. The Morgan fingerprint density at radius 2 is 2.24 bits per heavy atom. The Morgan fingerprint density at radius 3 is 2.88 bits per heavy atom. The van der Waals surface area contributed by atoms with Gasteiger partial charge in [0.1, 0.15) is 0 Å². The van der Waals surface area contributed by atoms with Crippen molar-refractivity contribution in [1.29, 1.82) is 0 Å². The molecule has 1 saturated carbocycles. The molecule has 2 aliphatic rings. The lowest BCUT2D eigenvalue weighted by molar-refractivity contribution is -0.123. The lowest BCUT2D eigenvalue weighted by Gasteiger charge is -2.18. The fourth-order valence-corrected chi connectivity index (χ4v) is 3.71. The van der Waals surface area contributed by atoms with Crippen LogP contribution < -0.4 is 10.6 Å². The maximum Gasteiger partial charge on any atom is 0.238 e. The van der Waals surface area contributed by atoms with Crippen molar-refractivity contribution in [2.45, 2.75) is 57.5 Å². The van der Waals surface area contributed by atoms with E-state index in [9.17, 15) is 4.79 Å². The molecular formula is C13H24N2OS. The van der Waals surface area contributed by atoms with E-state index < -0.39 is 0 Å². The molecule has 0 bridgehead atoms. The van der Waals surface area contributed by atoms with Crippen molar-refractivity contribution in [3.63, 3.8) is 0 Å². The quantitative estimate of drug-likeness (QED) is 0.792. The average Bonchev–Trinajstić information content (AvgIpc) is 2.99. The summed E-state index contributed by atoms with van der Waals surface area (Å²) in [6.07, 6.45) is 8.05. The summed E-state index contributed by atoms with van der Waals surface area (Å²) in [5.41, 5.74) is 0. The molecule has 0 unspecified atom stereocenters. The van der Waals surface area contributed by atoms with Gasteiger partial charge in [0.2, 0.25) is 5.91 Å². The highest BCUT2D eigenvalue weighted by molar-refractivity contribution is 7.99. The molecule has 2 atom stereocenters. The number of thioether (sulfide) groups is 1. The minimum Gasteiger partial charge on any atom is -0.352 e. The third-order valence-electron chi connectivity index (χ3n) is 3.90. The first kappa shape index (κ1) is 13.2. The van der Waals surface area contributed by atoms with Crippen LogP contribution in [0.15, 0.2) is 0 Å². The van der Waals surface area contributed by atoms with Crippen LogP contribution in [0.4, 0.5) is 0 Å². The van der Waals surface area contributed by atoms with Gasteiger partial charge < -0.3 is 5.32 Å². The molecule has 0 spiro atoms. The normalized spacial score (nSPS) is 27.2. The van der Waals surface area contributed by atoms with Crippen LogP contribution in [0.1, 0.15) is 45.4 Å². The first-order chi connectivity index (χ1) is 8.25. The monoisotopic (exact) mass is 256 g/mol. The van der Waals surface area contributed by atoms with Gasteiger partial charge in [0, 0.05) is 17.7 Å². The van der Waals surface area contributed by atoms with Crippen LogP contribution in [0.25, 0.3) is 0 Å². The van der Waals surface area contributed by atoms with E-state index in [0.29, 0.717) is 6.04 Å². The minimum atomic E-state index is 0.0360. The van der Waals surface area contributed by atoms with E-state index in [1.165, 1.54) is 32.1 Å². The van der Waals surface area contributed by atoms with Crippen LogP contribution >= 0.6 is 11.8 Å². The smallest absolute Gasteiger partial charge is 0.238 e. The lowest BCUT2D eigenvalue weighted by atomic mass is 9.99. The van der Waals surface area contributed by atoms with Crippen molar-refractivity contribution in [2.24, 2.45) is 5.92 Å². The van der Waals surface area contributed by atoms with Crippen molar-refractivity contribution in [2.75, 3.05) is 11.6 Å². The van der Waals surface area contributed by atoms with E-state index >= 15 is 0 Å². The molecule has 1 saturated heterocycles. The van der Waals surface area contributed by atoms with Gasteiger partial charge in [-0.3, -0.25) is 10.1 Å². The van der Waals surface area contributed by atoms with Crippen molar-refractivity contribution in [1.82, 2.24) is 10.6 Å². The molecule has 0 radical (unpaired) electrons. The van der Waals surface area contributed by atoms with E-state index in [0.717, 1.165) is 24.0 Å². The Labute approximate surface area is 108 Å². The summed E-state index contributed by atoms with van der Waals surface area (Å²) in [7, 11) is 0. The fraction of sp³-hybridized carbons (Fsp3) is 0.923. The molecule has 2 rings (SSSR count). The highest BCUT2D eigenvalue weighted by atomic mass is 32.2. The second kappa shape index (κ2) is 6.64. The van der Waals surface area contributed by atoms with Crippen LogP contribution in [0.2, 0.25) is 0 Å². The largest absolute Gasteiger partial charge is 0.352 e. The molecule has 4 heteroatoms. The predicted molar refractivity (Wildman–Crippen MR) is 73.0 cm³/mol. The van der Waals surface area contributed by atoms with E-state index in [-0.39, 0.29) is 11.9 Å². The maximum atomic E-state index is 11.9. The summed E-state index contributed by atoms with van der Waals surface area (Å²) in [4.78, 5) is 11.9. The summed E-state index contributed by atoms with van der Waals surface area (Å²) >= 11 is 1.80. The topological polar surface area (TPSA) is 41.1 Å². The Hall–Kier alpha value is -0.220. The summed E-state index contributed by atoms with van der Waals surface area (Å²) in [5.74, 6) is 2.94. The second-order valence-electron chi connectivity index (χ2n) is 5.41. The summed E-state index contributed by atoms with van der Waals surface area (Å²) in [5, 5.41) is 6.34. The highest BCUT2D eigenvalue weighted by Gasteiger charge is 2.23. The van der Waals surface area contributed by atoms with E-state index in [1.807, 2.05) is 0 Å². The fourth-order valence-electron chi connectivity index (χ4n) is 2.76. The van der Waals surface area contributed by atoms with Gasteiger partial charge >= 0.3 is 0 Å². The van der Waals surface area contributed by atoms with Crippen molar-refractivity contribution >= 4 is 17.7 Å². The van der Waals surface area contributed by atoms with Gasteiger partial charge in [-0.2, -0.15) is 0 Å². The van der Waals surface area contributed by atoms with Crippen LogP contribution in [-0.4, -0.2) is 29.6 Å². The molecule has 1 heterocycles. The Morgan fingerprint density at radius 1 is 1.47 bits per heavy atom. The number of amides is 1. The average molecular weight is 256 g/mol. The third-order valence-corrected chi connectivity index (χ3v) is 4.84. The number of rotatable bonds is 5. The van der Waals surface area contributed by atoms with Crippen LogP contribution in [0, 0.1) is 5.92 Å². The number of hydrogen-bond donors (Lipinski definition) is 2. The van der Waals surface area contributed by atoms with E-state index in [1.54, 1.807) is 11.8 Å². The molecular weight excluding hydrogens is 232 g/mol. The van der Waals surface area contributed by atoms with E-state index in [2.05, 4.69) is 17.6 Å². The summed E-state index contributed by atoms with van der Waals surface area (Å²) in [6, 6.07) is 0.365. The SMILES string of the molecule is C[C@@H](CCC1CCCC1)NC(=O)[C@H]1CSCN1. The minimum absolute atomic E-state index is 0.0360. The molecule has 2 fully saturated rings. The van der Waals surface area contributed by atoms with Gasteiger partial charge in [-0.25, -0.2) is 0 Å². The molecule has 1 aliphatic heterocycles. The van der Waals surface area contributed by atoms with E-state index in [4.69, 9.17) is 0 Å². The van der Waals surface area contributed by atoms with Crippen molar-refractivity contribution < 1.29 is 4.79 Å². The zero-order valence-electron chi connectivity index (χ0n) is 10.7. The van der Waals surface area contributed by atoms with Gasteiger partial charge in [0.05, 0.1) is 6.04 Å². The van der Waals surface area contributed by atoms with Gasteiger partial charge in [-0.1, -0.05) is 25.7 Å². The standard InChI is InChI=1S/C13H24N2OS/c1-10(6-7-11-4-2-3-5-11)15-13(16)12-8-17-9-14-12/h10-12,14H,2-9H2,1H3,(H,15,16)/t10-,12+/m0/s1. The van der Waals surface area contributed by atoms with Gasteiger partial charge in [0.15, 0.2) is 0 Å². The molecule has 17 heavy (non-hydrogen) atoms. The number of hydrogen-bond acceptors (Lipinski definition) is 3. The Balaban J connectivity index is 1.62. The molecule has 0 aromatic rings. The van der Waals surface area contributed by atoms with Gasteiger partial charge in [-0.05, 0) is 25.7 Å². The molecule has 98 valence electrons. The predicted octanol–water partition coefficient (Wildman–Crippen LogP) is 2.12. The molecule has 3 nitrogen and oxygen atoms in total. The molecule has 1 amide bonds. The van der Waals surface area contributed by atoms with Crippen LogP contribution in [0.3, 0.4) is 0 Å². The summed E-state index contributed by atoms with van der Waals surface area (Å²) in [6.45, 7) is 2.13. The zero-order valence-corrected chi connectivity index (χ0v) is 11.5. The Kier molecular flexibility index (Phi) is 5.16. The highest BCUT2D eigenvalue weighted by Crippen LogP contribution is 2.28. The maximum absolute atomic E-state index is 11.9. The number of nitrogens with one attached hydrogen (secondary N) is 2. The Bertz CT molecular complexity index is 248. The first-order valence-corrected chi connectivity index (χ1v) is 8.02. The second-order valence-corrected chi connectivity index (χ2v) is 6.44. The number of carbonyl (C=O) groups excluding carboxylic acids is 1. The zero-order chi connectivity index (χ0) is 12.1. The lowest BCUT2D eigenvalue weighted by Crippen LogP contribution is -2.45. The van der Waals surface area contributed by atoms with Crippen molar-refractivity contribution in [3.8, 4) is 0 Å². The van der Waals surface area contributed by atoms with Crippen LogP contribution in [-0.2, 0) is 4.79 Å². The van der Waals surface area contributed by atoms with Gasteiger partial charge in [0.25, 0.3) is 0 Å². The molecule has 0 aromatic heterocycles. The molecule has 1 aliphatic carbocycles.